The summed E-state index contributed by atoms with van der Waals surface area (Å²) >= 11 is 0. The van der Waals surface area contributed by atoms with Crippen LogP contribution in [0.4, 0.5) is 0 Å². The van der Waals surface area contributed by atoms with Gasteiger partial charge < -0.3 is 47.1 Å². The molecule has 0 bridgehead atoms. The van der Waals surface area contributed by atoms with Crippen molar-refractivity contribution >= 4 is 0 Å². The molecule has 10 N–H and O–H groups in total. The minimum atomic E-state index is -1.32. The van der Waals surface area contributed by atoms with Gasteiger partial charge in [-0.1, -0.05) is 43.7 Å². The Bertz CT molecular complexity index is 715. The third-order valence-electron chi connectivity index (χ3n) is 6.65. The summed E-state index contributed by atoms with van der Waals surface area (Å²) in [6, 6.07) is 7.63. The van der Waals surface area contributed by atoms with Crippen molar-refractivity contribution in [3.05, 3.63) is 35.9 Å². The van der Waals surface area contributed by atoms with Gasteiger partial charge in [0.1, 0.15) is 30.5 Å². The molecule has 10 nitrogen and oxygen atoms in total. The van der Waals surface area contributed by atoms with E-state index in [2.05, 4.69) is 11.8 Å². The molecule has 1 saturated heterocycles. The van der Waals surface area contributed by atoms with E-state index in [4.69, 9.17) is 26.7 Å². The van der Waals surface area contributed by atoms with Gasteiger partial charge in [-0.15, -0.1) is 0 Å². The summed E-state index contributed by atoms with van der Waals surface area (Å²) in [5, 5.41) is 41.9. The second-order valence-electron chi connectivity index (χ2n) is 9.32. The molecule has 0 spiro atoms. The van der Waals surface area contributed by atoms with E-state index in [1.165, 1.54) is 0 Å². The smallest absolute Gasteiger partial charge is 0.176 e. The van der Waals surface area contributed by atoms with Gasteiger partial charge in [0.25, 0.3) is 0 Å². The van der Waals surface area contributed by atoms with Crippen LogP contribution in [-0.2, 0) is 16.0 Å². The molecule has 33 heavy (non-hydrogen) atoms. The van der Waals surface area contributed by atoms with Gasteiger partial charge >= 0.3 is 0 Å². The first-order valence-electron chi connectivity index (χ1n) is 11.8. The van der Waals surface area contributed by atoms with E-state index in [0.29, 0.717) is 13.1 Å². The van der Waals surface area contributed by atoms with Crippen molar-refractivity contribution in [3.8, 4) is 0 Å². The Balaban J connectivity index is 1.70. The van der Waals surface area contributed by atoms with Crippen molar-refractivity contribution in [2.75, 3.05) is 13.1 Å². The maximum atomic E-state index is 10.7. The van der Waals surface area contributed by atoms with Crippen LogP contribution in [0.15, 0.2) is 30.3 Å². The van der Waals surface area contributed by atoms with Gasteiger partial charge in [-0.25, -0.2) is 0 Å². The van der Waals surface area contributed by atoms with Crippen LogP contribution in [0.3, 0.4) is 0 Å². The van der Waals surface area contributed by atoms with Gasteiger partial charge in [0.2, 0.25) is 0 Å². The molecule has 0 unspecified atom stereocenters. The fraction of sp³-hybridized carbons (Fsp3) is 0.739. The maximum absolute atomic E-state index is 10.7. The molecule has 1 aromatic rings. The minimum absolute atomic E-state index is 0.251. The van der Waals surface area contributed by atoms with Gasteiger partial charge in [0.05, 0.1) is 12.1 Å². The highest BCUT2D eigenvalue weighted by Gasteiger charge is 2.48. The quantitative estimate of drug-likeness (QED) is 0.219. The first kappa shape index (κ1) is 26.4. The third kappa shape index (κ3) is 6.49. The SMILES string of the molecule is CCCCN(Cc1ccccc1)C[C@H]1O[C@H](O[C@H]2[C@H](O)[C@@H](O)[C@H](N)C[C@@H]2N)[C@H](N)[C@@H](O)[C@@H]1O. The Hall–Kier alpha value is -1.18. The molecule has 1 aromatic carbocycles. The number of aliphatic hydroxyl groups is 4. The van der Waals surface area contributed by atoms with E-state index >= 15 is 0 Å². The van der Waals surface area contributed by atoms with Gasteiger partial charge in [-0.05, 0) is 24.9 Å². The fourth-order valence-corrected chi connectivity index (χ4v) is 4.56. The van der Waals surface area contributed by atoms with Crippen LogP contribution in [0, 0.1) is 0 Å². The van der Waals surface area contributed by atoms with Crippen LogP contribution in [0.5, 0.6) is 0 Å². The van der Waals surface area contributed by atoms with Crippen LogP contribution in [-0.4, -0.2) is 99.5 Å². The third-order valence-corrected chi connectivity index (χ3v) is 6.65. The molecular weight excluding hydrogens is 428 g/mol. The molecule has 1 heterocycles. The molecule has 1 saturated carbocycles. The fourth-order valence-electron chi connectivity index (χ4n) is 4.56. The zero-order chi connectivity index (χ0) is 24.1. The predicted octanol–water partition coefficient (Wildman–Crippen LogP) is -1.77. The lowest BCUT2D eigenvalue weighted by atomic mass is 9.84. The Morgan fingerprint density at radius 1 is 0.970 bits per heavy atom. The zero-order valence-electron chi connectivity index (χ0n) is 19.2. The predicted molar refractivity (Wildman–Crippen MR) is 123 cm³/mol. The Morgan fingerprint density at radius 2 is 1.67 bits per heavy atom. The lowest BCUT2D eigenvalue weighted by Crippen LogP contribution is -2.67. The Morgan fingerprint density at radius 3 is 2.33 bits per heavy atom. The van der Waals surface area contributed by atoms with E-state index in [9.17, 15) is 20.4 Å². The number of hydrogen-bond donors (Lipinski definition) is 7. The van der Waals surface area contributed by atoms with Gasteiger partial charge in [0.15, 0.2) is 6.29 Å². The number of rotatable bonds is 9. The van der Waals surface area contributed by atoms with E-state index in [-0.39, 0.29) is 6.42 Å². The molecular formula is C23H40N4O6. The van der Waals surface area contributed by atoms with Gasteiger partial charge in [0, 0.05) is 25.2 Å². The summed E-state index contributed by atoms with van der Waals surface area (Å²) < 4.78 is 11.9. The van der Waals surface area contributed by atoms with Crippen molar-refractivity contribution < 1.29 is 29.9 Å². The number of aliphatic hydroxyl groups excluding tert-OH is 4. The number of nitrogens with zero attached hydrogens (tertiary/aromatic N) is 1. The molecule has 2 fully saturated rings. The molecule has 10 atom stereocenters. The second-order valence-corrected chi connectivity index (χ2v) is 9.32. The molecule has 3 rings (SSSR count). The van der Waals surface area contributed by atoms with Crippen LogP contribution >= 0.6 is 0 Å². The molecule has 0 amide bonds. The summed E-state index contributed by atoms with van der Waals surface area (Å²) in [4.78, 5) is 2.16. The summed E-state index contributed by atoms with van der Waals surface area (Å²) in [5.41, 5.74) is 19.2. The maximum Gasteiger partial charge on any atom is 0.176 e. The highest BCUT2D eigenvalue weighted by molar-refractivity contribution is 5.14. The number of benzene rings is 1. The van der Waals surface area contributed by atoms with Gasteiger partial charge in [-0.3, -0.25) is 4.90 Å². The van der Waals surface area contributed by atoms with E-state index in [1.807, 2.05) is 30.3 Å². The van der Waals surface area contributed by atoms with Crippen molar-refractivity contribution in [2.24, 2.45) is 17.2 Å². The standard InChI is InChI=1S/C23H40N4O6/c1-2-3-9-27(11-13-7-5-4-6-8-13)12-16-19(29)20(30)17(26)23(32-16)33-22-15(25)10-14(24)18(28)21(22)31/h4-8,14-23,28-31H,2-3,9-12,24-26H2,1H3/t14-,15+,16-,17-,18+,19-,20-,21-,22-,23-/m1/s1. The number of nitrogens with two attached hydrogens (primary N) is 3. The van der Waals surface area contributed by atoms with Crippen LogP contribution in [0.25, 0.3) is 0 Å². The van der Waals surface area contributed by atoms with Crippen molar-refractivity contribution in [3.63, 3.8) is 0 Å². The molecule has 1 aliphatic heterocycles. The average molecular weight is 469 g/mol. The van der Waals surface area contributed by atoms with E-state index < -0.39 is 61.0 Å². The largest absolute Gasteiger partial charge is 0.389 e. The van der Waals surface area contributed by atoms with Crippen LogP contribution in [0.2, 0.25) is 0 Å². The Labute approximate surface area is 195 Å². The van der Waals surface area contributed by atoms with Gasteiger partial charge in [-0.2, -0.15) is 0 Å². The molecule has 10 heteroatoms. The summed E-state index contributed by atoms with van der Waals surface area (Å²) in [7, 11) is 0. The van der Waals surface area contributed by atoms with E-state index in [0.717, 1.165) is 24.9 Å². The lowest BCUT2D eigenvalue weighted by molar-refractivity contribution is -0.291. The topological polar surface area (TPSA) is 181 Å². The summed E-state index contributed by atoms with van der Waals surface area (Å²) in [5.74, 6) is 0. The molecule has 0 radical (unpaired) electrons. The van der Waals surface area contributed by atoms with Crippen LogP contribution in [0.1, 0.15) is 31.7 Å². The van der Waals surface area contributed by atoms with Crippen LogP contribution < -0.4 is 17.2 Å². The molecule has 188 valence electrons. The molecule has 0 aromatic heterocycles. The highest BCUT2D eigenvalue weighted by atomic mass is 16.7. The van der Waals surface area contributed by atoms with Crippen molar-refractivity contribution in [2.45, 2.75) is 93.8 Å². The highest BCUT2D eigenvalue weighted by Crippen LogP contribution is 2.28. The first-order chi connectivity index (χ1) is 15.7. The summed E-state index contributed by atoms with van der Waals surface area (Å²) in [6.07, 6.45) is -5.64. The average Bonchev–Trinajstić information content (AvgIpc) is 2.80. The lowest BCUT2D eigenvalue weighted by Gasteiger charge is -2.46. The first-order valence-corrected chi connectivity index (χ1v) is 11.8. The monoisotopic (exact) mass is 468 g/mol. The number of unbranched alkanes of at least 4 members (excludes halogenated alkanes) is 1. The molecule has 2 aliphatic rings. The Kier molecular flexibility index (Phi) is 9.60. The number of ether oxygens (including phenoxy) is 2. The second kappa shape index (κ2) is 12.0. The molecule has 1 aliphatic carbocycles. The zero-order valence-corrected chi connectivity index (χ0v) is 19.2. The summed E-state index contributed by atoms with van der Waals surface area (Å²) in [6.45, 7) is 3.92. The normalized spacial score (nSPS) is 39.7. The van der Waals surface area contributed by atoms with Crippen molar-refractivity contribution in [1.29, 1.82) is 0 Å². The minimum Gasteiger partial charge on any atom is -0.389 e. The van der Waals surface area contributed by atoms with E-state index in [1.54, 1.807) is 0 Å². The van der Waals surface area contributed by atoms with Crippen molar-refractivity contribution in [1.82, 2.24) is 4.90 Å². The number of hydrogen-bond acceptors (Lipinski definition) is 10.